The Kier molecular flexibility index (Phi) is 5.71. The average molecular weight is 470 g/mol. The summed E-state index contributed by atoms with van der Waals surface area (Å²) in [5.74, 6) is 6.10. The third-order valence-electron chi connectivity index (χ3n) is 7.45. The molecule has 2 aromatic rings. The molecule has 2 saturated heterocycles. The lowest BCUT2D eigenvalue weighted by molar-refractivity contribution is -0.190. The van der Waals surface area contributed by atoms with Crippen molar-refractivity contribution in [1.29, 1.82) is 0 Å². The van der Waals surface area contributed by atoms with Crippen LogP contribution < -0.4 is 5.32 Å². The lowest BCUT2D eigenvalue weighted by Crippen LogP contribution is -2.29. The number of alkyl halides is 1. The molecule has 2 aliphatic heterocycles. The van der Waals surface area contributed by atoms with Crippen LogP contribution in [0.2, 0.25) is 0 Å². The van der Waals surface area contributed by atoms with E-state index in [1.54, 1.807) is 12.7 Å². The summed E-state index contributed by atoms with van der Waals surface area (Å²) in [5.41, 5.74) is 1.39. The van der Waals surface area contributed by atoms with E-state index in [0.29, 0.717) is 23.6 Å². The number of rotatable bonds is 3. The predicted molar refractivity (Wildman–Crippen MR) is 124 cm³/mol. The summed E-state index contributed by atoms with van der Waals surface area (Å²) in [6.45, 7) is 3.78. The van der Waals surface area contributed by atoms with Crippen molar-refractivity contribution in [3.05, 3.63) is 12.7 Å². The van der Waals surface area contributed by atoms with E-state index in [9.17, 15) is 4.39 Å². The number of hydrogen-bond acceptors (Lipinski definition) is 7. The van der Waals surface area contributed by atoms with Crippen molar-refractivity contribution in [2.24, 2.45) is 5.92 Å². The fraction of sp³-hybridized carbons (Fsp3) is 0.720. The number of ether oxygens (including phenoxy) is 3. The van der Waals surface area contributed by atoms with Crippen LogP contribution in [0, 0.1) is 17.8 Å². The third kappa shape index (κ3) is 4.06. The number of hydrogen-bond donors (Lipinski definition) is 1. The van der Waals surface area contributed by atoms with Crippen molar-refractivity contribution < 1.29 is 18.6 Å². The van der Waals surface area contributed by atoms with E-state index in [1.807, 2.05) is 18.4 Å². The van der Waals surface area contributed by atoms with Gasteiger partial charge >= 0.3 is 0 Å². The maximum atomic E-state index is 14.3. The van der Waals surface area contributed by atoms with E-state index >= 15 is 0 Å². The third-order valence-corrected chi connectivity index (χ3v) is 7.45. The summed E-state index contributed by atoms with van der Waals surface area (Å²) in [6.07, 6.45) is 8.74. The molecule has 2 aliphatic carbocycles. The average Bonchev–Trinajstić information content (AvgIpc) is 3.58. The minimum atomic E-state index is -0.869. The molecule has 2 saturated carbocycles. The molecule has 4 heterocycles. The molecule has 182 valence electrons. The minimum absolute atomic E-state index is 0.240. The molecule has 0 amide bonds. The van der Waals surface area contributed by atoms with Crippen LogP contribution in [0.4, 0.5) is 10.2 Å². The molecular weight excluding hydrogens is 437 g/mol. The van der Waals surface area contributed by atoms with E-state index in [1.165, 1.54) is 12.8 Å². The van der Waals surface area contributed by atoms with Crippen molar-refractivity contribution in [1.82, 2.24) is 19.5 Å². The highest BCUT2D eigenvalue weighted by Gasteiger charge is 2.56. The Morgan fingerprint density at radius 3 is 2.59 bits per heavy atom. The van der Waals surface area contributed by atoms with E-state index < -0.39 is 24.3 Å². The molecule has 34 heavy (non-hydrogen) atoms. The van der Waals surface area contributed by atoms with Crippen LogP contribution in [0.5, 0.6) is 0 Å². The van der Waals surface area contributed by atoms with Gasteiger partial charge < -0.3 is 19.5 Å². The highest BCUT2D eigenvalue weighted by molar-refractivity contribution is 5.82. The highest BCUT2D eigenvalue weighted by atomic mass is 19.1. The molecule has 0 spiro atoms. The Morgan fingerprint density at radius 2 is 1.76 bits per heavy atom. The summed E-state index contributed by atoms with van der Waals surface area (Å²) < 4.78 is 35.0. The van der Waals surface area contributed by atoms with E-state index in [2.05, 4.69) is 32.1 Å². The molecule has 2 aromatic heterocycles. The Bertz CT molecular complexity index is 1100. The van der Waals surface area contributed by atoms with E-state index in [4.69, 9.17) is 14.2 Å². The van der Waals surface area contributed by atoms with Crippen molar-refractivity contribution in [3.8, 4) is 11.8 Å². The quantitative estimate of drug-likeness (QED) is 0.677. The van der Waals surface area contributed by atoms with Gasteiger partial charge in [-0.25, -0.2) is 19.3 Å². The first kappa shape index (κ1) is 22.2. The number of fused-ring (bicyclic) bond motifs is 2. The predicted octanol–water partition coefficient (Wildman–Crippen LogP) is 4.13. The summed E-state index contributed by atoms with van der Waals surface area (Å²) >= 11 is 0. The molecule has 1 N–H and O–H groups in total. The monoisotopic (exact) mass is 469 g/mol. The van der Waals surface area contributed by atoms with Gasteiger partial charge in [0, 0.05) is 6.04 Å². The van der Waals surface area contributed by atoms with E-state index in [0.717, 1.165) is 37.9 Å². The van der Waals surface area contributed by atoms with Gasteiger partial charge in [-0.1, -0.05) is 37.5 Å². The Balaban J connectivity index is 1.29. The molecule has 9 heteroatoms. The number of nitrogens with one attached hydrogen (secondary N) is 1. The fourth-order valence-corrected chi connectivity index (χ4v) is 5.76. The minimum Gasteiger partial charge on any atom is -0.365 e. The zero-order valence-electron chi connectivity index (χ0n) is 19.7. The number of anilines is 1. The van der Waals surface area contributed by atoms with Gasteiger partial charge in [-0.2, -0.15) is 0 Å². The number of aromatic nitrogens is 4. The lowest BCUT2D eigenvalue weighted by Gasteiger charge is -2.24. The summed E-state index contributed by atoms with van der Waals surface area (Å²) in [6, 6.07) is 0.418. The van der Waals surface area contributed by atoms with Crippen LogP contribution in [0.15, 0.2) is 12.7 Å². The van der Waals surface area contributed by atoms with Gasteiger partial charge in [-0.05, 0) is 39.5 Å². The van der Waals surface area contributed by atoms with Crippen molar-refractivity contribution in [2.75, 3.05) is 5.32 Å². The SMILES string of the molecule is CC1(C)O[C@@H]2[C@H](O1)[C@@H](C#CC1CCCCC1F)O[C@H]2n1cnc2c(NC3CCCC3)ncnc21. The van der Waals surface area contributed by atoms with E-state index in [-0.39, 0.29) is 18.1 Å². The standard InChI is InChI=1S/C25H32FN5O3/c1-25(2)33-20-18(12-11-15-7-3-6-10-17(15)26)32-24(21(20)34-25)31-14-29-19-22(27-13-28-23(19)31)30-16-8-4-5-9-16/h13-18,20-21,24H,3-10H2,1-2H3,(H,27,28,30)/t15?,17?,18-,20-,21-,24-/m1/s1. The molecule has 0 bridgehead atoms. The first-order chi connectivity index (χ1) is 16.5. The topological polar surface area (TPSA) is 83.3 Å². The first-order valence-electron chi connectivity index (χ1n) is 12.6. The van der Waals surface area contributed by atoms with Crippen LogP contribution in [0.1, 0.15) is 71.4 Å². The Hall–Kier alpha value is -2.28. The van der Waals surface area contributed by atoms with Crippen LogP contribution in [0.25, 0.3) is 11.2 Å². The van der Waals surface area contributed by atoms with Crippen LogP contribution >= 0.6 is 0 Å². The molecule has 0 aromatic carbocycles. The second-order valence-corrected chi connectivity index (χ2v) is 10.4. The van der Waals surface area contributed by atoms with Gasteiger partial charge in [0.2, 0.25) is 0 Å². The zero-order chi connectivity index (χ0) is 23.3. The van der Waals surface area contributed by atoms with Crippen molar-refractivity contribution in [3.63, 3.8) is 0 Å². The van der Waals surface area contributed by atoms with Gasteiger partial charge in [-0.3, -0.25) is 4.57 Å². The molecule has 0 radical (unpaired) electrons. The second kappa shape index (κ2) is 8.74. The maximum absolute atomic E-state index is 14.3. The molecule has 6 atom stereocenters. The van der Waals surface area contributed by atoms with Crippen LogP contribution in [-0.4, -0.2) is 55.8 Å². The van der Waals surface area contributed by atoms with Gasteiger partial charge in [0.15, 0.2) is 29.0 Å². The summed E-state index contributed by atoms with van der Waals surface area (Å²) in [4.78, 5) is 13.6. The number of halogens is 1. The molecule has 6 rings (SSSR count). The van der Waals surface area contributed by atoms with Gasteiger partial charge in [0.05, 0.1) is 12.2 Å². The van der Waals surface area contributed by atoms with Gasteiger partial charge in [-0.15, -0.1) is 0 Å². The summed E-state index contributed by atoms with van der Waals surface area (Å²) in [7, 11) is 0. The maximum Gasteiger partial charge on any atom is 0.167 e. The largest absolute Gasteiger partial charge is 0.365 e. The molecule has 4 aliphatic rings. The lowest BCUT2D eigenvalue weighted by atomic mass is 9.88. The Labute approximate surface area is 199 Å². The second-order valence-electron chi connectivity index (χ2n) is 10.4. The fourth-order valence-electron chi connectivity index (χ4n) is 5.76. The van der Waals surface area contributed by atoms with Crippen LogP contribution in [0.3, 0.4) is 0 Å². The number of nitrogens with zero attached hydrogens (tertiary/aromatic N) is 4. The summed E-state index contributed by atoms with van der Waals surface area (Å²) in [5, 5.41) is 3.54. The van der Waals surface area contributed by atoms with Gasteiger partial charge in [0.1, 0.15) is 30.8 Å². The normalized spacial score (nSPS) is 35.3. The smallest absolute Gasteiger partial charge is 0.167 e. The molecule has 2 unspecified atom stereocenters. The molecular formula is C25H32FN5O3. The highest BCUT2D eigenvalue weighted by Crippen LogP contribution is 2.44. The first-order valence-corrected chi connectivity index (χ1v) is 12.6. The zero-order valence-corrected chi connectivity index (χ0v) is 19.7. The van der Waals surface area contributed by atoms with Gasteiger partial charge in [0.25, 0.3) is 0 Å². The Morgan fingerprint density at radius 1 is 1.00 bits per heavy atom. The van der Waals surface area contributed by atoms with Crippen molar-refractivity contribution in [2.45, 2.75) is 108 Å². The number of imidazole rings is 1. The van der Waals surface area contributed by atoms with Crippen LogP contribution in [-0.2, 0) is 14.2 Å². The van der Waals surface area contributed by atoms with Crippen molar-refractivity contribution >= 4 is 17.0 Å². The molecule has 4 fully saturated rings. The molecule has 8 nitrogen and oxygen atoms in total.